The lowest BCUT2D eigenvalue weighted by molar-refractivity contribution is -0.162. The molecule has 0 radical (unpaired) electrons. The molecule has 3 aliphatic rings. The molecule has 0 aliphatic carbocycles. The van der Waals surface area contributed by atoms with Crippen molar-refractivity contribution >= 4 is 0 Å². The number of likely N-dealkylation sites (tertiary alicyclic amines) is 1. The number of aromatic nitrogens is 2. The lowest BCUT2D eigenvalue weighted by Gasteiger charge is -2.50. The average molecular weight is 353 g/mol. The summed E-state index contributed by atoms with van der Waals surface area (Å²) in [4.78, 5) is 7.07. The highest BCUT2D eigenvalue weighted by Gasteiger charge is 2.52. The van der Waals surface area contributed by atoms with E-state index in [0.29, 0.717) is 18.1 Å². The molecule has 1 aromatic carbocycles. The molecular formula is C21H27N3O2. The first-order valence-corrected chi connectivity index (χ1v) is 9.65. The lowest BCUT2D eigenvalue weighted by Crippen LogP contribution is -2.53. The first-order chi connectivity index (χ1) is 12.5. The Morgan fingerprint density at radius 2 is 2.12 bits per heavy atom. The number of imidazole rings is 1. The van der Waals surface area contributed by atoms with Gasteiger partial charge in [0.15, 0.2) is 0 Å². The van der Waals surface area contributed by atoms with Crippen LogP contribution in [0.25, 0.3) is 0 Å². The fourth-order valence-corrected chi connectivity index (χ4v) is 5.07. The maximum absolute atomic E-state index is 6.70. The van der Waals surface area contributed by atoms with Crippen molar-refractivity contribution in [2.45, 2.75) is 57.1 Å². The van der Waals surface area contributed by atoms with E-state index in [9.17, 15) is 0 Å². The quantitative estimate of drug-likeness (QED) is 0.830. The van der Waals surface area contributed by atoms with Crippen molar-refractivity contribution in [2.75, 3.05) is 6.54 Å². The fraction of sp³-hybridized carbons (Fsp3) is 0.571. The second kappa shape index (κ2) is 5.83. The Morgan fingerprint density at radius 1 is 1.27 bits per heavy atom. The molecule has 0 bridgehead atoms. The van der Waals surface area contributed by atoms with Gasteiger partial charge in [0.05, 0.1) is 24.2 Å². The zero-order valence-electron chi connectivity index (χ0n) is 15.8. The van der Waals surface area contributed by atoms with Gasteiger partial charge in [0.25, 0.3) is 0 Å². The van der Waals surface area contributed by atoms with Crippen molar-refractivity contribution in [3.8, 4) is 5.75 Å². The van der Waals surface area contributed by atoms with Crippen LogP contribution >= 0.6 is 0 Å². The minimum atomic E-state index is -0.219. The second-order valence-electron chi connectivity index (χ2n) is 8.54. The van der Waals surface area contributed by atoms with Crippen LogP contribution in [0.3, 0.4) is 0 Å². The number of hydrogen-bond acceptors (Lipinski definition) is 4. The third-order valence-corrected chi connectivity index (χ3v) is 6.40. The van der Waals surface area contributed by atoms with Gasteiger partial charge in [-0.1, -0.05) is 18.2 Å². The smallest absolute Gasteiger partial charge is 0.125 e. The van der Waals surface area contributed by atoms with Crippen molar-refractivity contribution in [2.24, 2.45) is 13.0 Å². The number of hydrogen-bond donors (Lipinski definition) is 0. The maximum atomic E-state index is 6.70. The van der Waals surface area contributed by atoms with Crippen LogP contribution in [0.15, 0.2) is 36.8 Å². The molecule has 5 nitrogen and oxygen atoms in total. The van der Waals surface area contributed by atoms with Crippen molar-refractivity contribution < 1.29 is 9.47 Å². The van der Waals surface area contributed by atoms with E-state index < -0.39 is 0 Å². The Hall–Kier alpha value is -1.85. The molecule has 2 saturated heterocycles. The molecule has 0 unspecified atom stereocenters. The van der Waals surface area contributed by atoms with E-state index in [1.54, 1.807) is 0 Å². The molecule has 0 N–H and O–H groups in total. The minimum absolute atomic E-state index is 0.144. The van der Waals surface area contributed by atoms with Gasteiger partial charge in [-0.2, -0.15) is 0 Å². The van der Waals surface area contributed by atoms with Crippen LogP contribution in [0.4, 0.5) is 0 Å². The van der Waals surface area contributed by atoms with Crippen molar-refractivity contribution in [3.63, 3.8) is 0 Å². The highest BCUT2D eigenvalue weighted by atomic mass is 16.5. The predicted octanol–water partition coefficient (Wildman–Crippen LogP) is 3.31. The topological polar surface area (TPSA) is 39.5 Å². The molecule has 26 heavy (non-hydrogen) atoms. The number of benzene rings is 1. The number of para-hydroxylation sites is 1. The van der Waals surface area contributed by atoms with Crippen LogP contribution in [0.1, 0.15) is 44.1 Å². The number of nitrogens with zero attached hydrogens (tertiary/aromatic N) is 3. The molecule has 1 aromatic heterocycles. The Labute approximate surface area is 154 Å². The molecule has 0 amide bonds. The van der Waals surface area contributed by atoms with Gasteiger partial charge < -0.3 is 14.0 Å². The molecule has 4 atom stereocenters. The first-order valence-electron chi connectivity index (χ1n) is 9.65. The van der Waals surface area contributed by atoms with Crippen LogP contribution in [0.5, 0.6) is 5.75 Å². The standard InChI is InChI=1S/C21H27N3O2/c1-21(2)16-10-17-19(8-9-24(17)12-14-11-23(3)13-22-14)25-20(16)15-6-4-5-7-18(15)26-21/h4-7,11,13,16-17,19-20H,8-10,12H2,1-3H3/t16-,17-,19-,20+/m1/s1. The number of fused-ring (bicyclic) bond motifs is 4. The number of aryl methyl sites for hydroxylation is 1. The van der Waals surface area contributed by atoms with Gasteiger partial charge >= 0.3 is 0 Å². The van der Waals surface area contributed by atoms with Crippen LogP contribution in [0.2, 0.25) is 0 Å². The maximum Gasteiger partial charge on any atom is 0.125 e. The van der Waals surface area contributed by atoms with Gasteiger partial charge in [0, 0.05) is 43.9 Å². The molecule has 5 heteroatoms. The Bertz CT molecular complexity index is 815. The van der Waals surface area contributed by atoms with E-state index >= 15 is 0 Å². The van der Waals surface area contributed by atoms with Gasteiger partial charge in [-0.3, -0.25) is 4.90 Å². The molecule has 4 heterocycles. The van der Waals surface area contributed by atoms with Crippen LogP contribution in [-0.2, 0) is 18.3 Å². The second-order valence-corrected chi connectivity index (χ2v) is 8.54. The van der Waals surface area contributed by atoms with E-state index in [0.717, 1.165) is 37.4 Å². The zero-order valence-corrected chi connectivity index (χ0v) is 15.8. The third kappa shape index (κ3) is 2.57. The first kappa shape index (κ1) is 16.3. The lowest BCUT2D eigenvalue weighted by atomic mass is 9.74. The molecule has 0 saturated carbocycles. The largest absolute Gasteiger partial charge is 0.487 e. The summed E-state index contributed by atoms with van der Waals surface area (Å²) < 4.78 is 15.1. The highest BCUT2D eigenvalue weighted by Crippen LogP contribution is 2.52. The van der Waals surface area contributed by atoms with Crippen LogP contribution < -0.4 is 4.74 Å². The van der Waals surface area contributed by atoms with Gasteiger partial charge in [-0.05, 0) is 32.8 Å². The predicted molar refractivity (Wildman–Crippen MR) is 98.9 cm³/mol. The van der Waals surface area contributed by atoms with Gasteiger partial charge in [0.1, 0.15) is 11.4 Å². The average Bonchev–Trinajstić information content (AvgIpc) is 3.20. The molecule has 5 rings (SSSR count). The van der Waals surface area contributed by atoms with E-state index in [4.69, 9.17) is 9.47 Å². The zero-order chi connectivity index (χ0) is 17.9. The summed E-state index contributed by atoms with van der Waals surface area (Å²) in [6.45, 7) is 6.40. The van der Waals surface area contributed by atoms with Crippen molar-refractivity contribution in [1.29, 1.82) is 0 Å². The summed E-state index contributed by atoms with van der Waals surface area (Å²) >= 11 is 0. The number of rotatable bonds is 2. The highest BCUT2D eigenvalue weighted by molar-refractivity contribution is 5.39. The summed E-state index contributed by atoms with van der Waals surface area (Å²) in [7, 11) is 2.02. The monoisotopic (exact) mass is 353 g/mol. The molecule has 138 valence electrons. The molecule has 2 fully saturated rings. The summed E-state index contributed by atoms with van der Waals surface area (Å²) in [6, 6.07) is 8.83. The Kier molecular flexibility index (Phi) is 3.66. The van der Waals surface area contributed by atoms with E-state index in [2.05, 4.69) is 48.1 Å². The normalized spacial score (nSPS) is 32.4. The Balaban J connectivity index is 1.41. The molecule has 0 spiro atoms. The fourth-order valence-electron chi connectivity index (χ4n) is 5.07. The van der Waals surface area contributed by atoms with Crippen molar-refractivity contribution in [1.82, 2.24) is 14.5 Å². The van der Waals surface area contributed by atoms with Crippen LogP contribution in [-0.4, -0.2) is 38.7 Å². The van der Waals surface area contributed by atoms with E-state index in [1.807, 2.05) is 24.0 Å². The summed E-state index contributed by atoms with van der Waals surface area (Å²) in [5, 5.41) is 0. The molecule has 3 aliphatic heterocycles. The van der Waals surface area contributed by atoms with Crippen molar-refractivity contribution in [3.05, 3.63) is 48.0 Å². The van der Waals surface area contributed by atoms with E-state index in [1.165, 1.54) is 5.56 Å². The Morgan fingerprint density at radius 3 is 2.92 bits per heavy atom. The van der Waals surface area contributed by atoms with Gasteiger partial charge in [-0.15, -0.1) is 0 Å². The number of ether oxygens (including phenoxy) is 2. The SMILES string of the molecule is Cn1cnc(CN2CC[C@H]3O[C@H]4c5ccccc5OC(C)(C)[C@@H]4C[C@H]32)c1. The summed E-state index contributed by atoms with van der Waals surface area (Å²) in [5.41, 5.74) is 2.14. The van der Waals surface area contributed by atoms with Crippen LogP contribution in [0, 0.1) is 5.92 Å². The third-order valence-electron chi connectivity index (χ3n) is 6.40. The summed E-state index contributed by atoms with van der Waals surface area (Å²) in [5.74, 6) is 1.35. The van der Waals surface area contributed by atoms with E-state index in [-0.39, 0.29) is 11.7 Å². The molecular weight excluding hydrogens is 326 g/mol. The minimum Gasteiger partial charge on any atom is -0.487 e. The van der Waals surface area contributed by atoms with Gasteiger partial charge in [-0.25, -0.2) is 4.98 Å². The summed E-state index contributed by atoms with van der Waals surface area (Å²) in [6.07, 6.45) is 6.66. The molecule has 2 aromatic rings. The van der Waals surface area contributed by atoms with Gasteiger partial charge in [0.2, 0.25) is 0 Å².